The van der Waals surface area contributed by atoms with E-state index < -0.39 is 0 Å². The predicted molar refractivity (Wildman–Crippen MR) is 77.2 cm³/mol. The smallest absolute Gasteiger partial charge is 0.231 e. The molecule has 1 aliphatic rings. The van der Waals surface area contributed by atoms with E-state index in [4.69, 9.17) is 0 Å². The van der Waals surface area contributed by atoms with Crippen LogP contribution in [-0.2, 0) is 17.8 Å². The molecule has 3 rings (SSSR count). The number of nitrogens with one attached hydrogen (secondary N) is 1. The molecular formula is C16H19N3O. The van der Waals surface area contributed by atoms with Gasteiger partial charge in [0, 0.05) is 19.3 Å². The number of benzene rings is 1. The number of hydrogen-bond donors (Lipinski definition) is 1. The van der Waals surface area contributed by atoms with Gasteiger partial charge in [-0.1, -0.05) is 30.3 Å². The minimum atomic E-state index is -0.0845. The molecule has 0 fully saturated rings. The van der Waals surface area contributed by atoms with Crippen LogP contribution >= 0.6 is 0 Å². The Bertz CT molecular complexity index is 591. The number of carbonyl (C=O) groups is 1. The van der Waals surface area contributed by atoms with Gasteiger partial charge in [0.05, 0.1) is 17.9 Å². The predicted octanol–water partition coefficient (Wildman–Crippen LogP) is 2.49. The molecule has 20 heavy (non-hydrogen) atoms. The molecule has 1 aromatic carbocycles. The molecule has 0 saturated heterocycles. The van der Waals surface area contributed by atoms with Crippen LogP contribution in [0.4, 0.5) is 0 Å². The molecule has 0 saturated carbocycles. The average Bonchev–Trinajstić information content (AvgIpc) is 2.96. The largest absolute Gasteiger partial charge is 0.348 e. The van der Waals surface area contributed by atoms with Crippen LogP contribution in [0.2, 0.25) is 0 Å². The SMILES string of the molecule is CN(Cc1ccccc1)C(=O)C1CCCc2[nH]cnc21. The van der Waals surface area contributed by atoms with Gasteiger partial charge in [-0.05, 0) is 24.8 Å². The van der Waals surface area contributed by atoms with E-state index in [-0.39, 0.29) is 11.8 Å². The summed E-state index contributed by atoms with van der Waals surface area (Å²) in [6.07, 6.45) is 4.65. The first-order chi connectivity index (χ1) is 9.75. The fourth-order valence-corrected chi connectivity index (χ4v) is 2.89. The molecule has 0 aliphatic heterocycles. The normalized spacial score (nSPS) is 17.6. The summed E-state index contributed by atoms with van der Waals surface area (Å²) in [6.45, 7) is 0.649. The average molecular weight is 269 g/mol. The summed E-state index contributed by atoms with van der Waals surface area (Å²) in [6, 6.07) is 10.1. The Balaban J connectivity index is 1.74. The molecule has 2 aromatic rings. The fourth-order valence-electron chi connectivity index (χ4n) is 2.89. The maximum atomic E-state index is 12.6. The third-order valence-corrected chi connectivity index (χ3v) is 3.94. The number of likely N-dealkylation sites (N-methyl/N-ethyl adjacent to an activating group) is 1. The van der Waals surface area contributed by atoms with Gasteiger partial charge in [0.25, 0.3) is 0 Å². The zero-order chi connectivity index (χ0) is 13.9. The second-order valence-electron chi connectivity index (χ2n) is 5.39. The molecule has 0 radical (unpaired) electrons. The third kappa shape index (κ3) is 2.46. The Morgan fingerprint density at radius 2 is 2.20 bits per heavy atom. The number of H-pyrrole nitrogens is 1. The first-order valence-corrected chi connectivity index (χ1v) is 7.07. The lowest BCUT2D eigenvalue weighted by Gasteiger charge is -2.26. The Morgan fingerprint density at radius 3 is 3.00 bits per heavy atom. The molecule has 4 heteroatoms. The van der Waals surface area contributed by atoms with Crippen molar-refractivity contribution < 1.29 is 4.79 Å². The van der Waals surface area contributed by atoms with Crippen molar-refractivity contribution in [1.82, 2.24) is 14.9 Å². The molecule has 1 amide bonds. The van der Waals surface area contributed by atoms with Crippen LogP contribution in [0.25, 0.3) is 0 Å². The molecule has 104 valence electrons. The maximum Gasteiger partial charge on any atom is 0.231 e. The Kier molecular flexibility index (Phi) is 3.54. The third-order valence-electron chi connectivity index (χ3n) is 3.94. The van der Waals surface area contributed by atoms with E-state index >= 15 is 0 Å². The Morgan fingerprint density at radius 1 is 1.40 bits per heavy atom. The molecule has 0 bridgehead atoms. The van der Waals surface area contributed by atoms with Gasteiger partial charge in [0.1, 0.15) is 0 Å². The Labute approximate surface area is 118 Å². The number of aryl methyl sites for hydroxylation is 1. The number of fused-ring (bicyclic) bond motifs is 1. The van der Waals surface area contributed by atoms with Crippen LogP contribution in [0, 0.1) is 0 Å². The van der Waals surface area contributed by atoms with E-state index in [0.717, 1.165) is 36.2 Å². The molecule has 1 N–H and O–H groups in total. The summed E-state index contributed by atoms with van der Waals surface area (Å²) in [5.41, 5.74) is 3.23. The van der Waals surface area contributed by atoms with Gasteiger partial charge >= 0.3 is 0 Å². The van der Waals surface area contributed by atoms with Crippen molar-refractivity contribution in [3.63, 3.8) is 0 Å². The highest BCUT2D eigenvalue weighted by Crippen LogP contribution is 2.30. The van der Waals surface area contributed by atoms with E-state index in [2.05, 4.69) is 9.97 Å². The van der Waals surface area contributed by atoms with E-state index in [1.54, 1.807) is 6.33 Å². The molecular weight excluding hydrogens is 250 g/mol. The quantitative estimate of drug-likeness (QED) is 0.930. The molecule has 1 aromatic heterocycles. The lowest BCUT2D eigenvalue weighted by molar-refractivity contribution is -0.132. The first-order valence-electron chi connectivity index (χ1n) is 7.07. The summed E-state index contributed by atoms with van der Waals surface area (Å²) in [5, 5.41) is 0. The highest BCUT2D eigenvalue weighted by atomic mass is 16.2. The zero-order valence-electron chi connectivity index (χ0n) is 11.7. The lowest BCUT2D eigenvalue weighted by Crippen LogP contribution is -2.33. The monoisotopic (exact) mass is 269 g/mol. The van der Waals surface area contributed by atoms with E-state index in [1.165, 1.54) is 0 Å². The van der Waals surface area contributed by atoms with Crippen LogP contribution in [0.1, 0.15) is 35.7 Å². The van der Waals surface area contributed by atoms with Crippen LogP contribution in [0.15, 0.2) is 36.7 Å². The first kappa shape index (κ1) is 12.9. The number of carbonyl (C=O) groups excluding carboxylic acids is 1. The standard InChI is InChI=1S/C16H19N3O/c1-19(10-12-6-3-2-4-7-12)16(20)13-8-5-9-14-15(13)18-11-17-14/h2-4,6-7,11,13H,5,8-10H2,1H3,(H,17,18). The number of hydrogen-bond acceptors (Lipinski definition) is 2. The molecule has 1 unspecified atom stereocenters. The van der Waals surface area contributed by atoms with Crippen molar-refractivity contribution in [3.8, 4) is 0 Å². The summed E-state index contributed by atoms with van der Waals surface area (Å²) < 4.78 is 0. The van der Waals surface area contributed by atoms with Crippen molar-refractivity contribution in [2.24, 2.45) is 0 Å². The summed E-state index contributed by atoms with van der Waals surface area (Å²) in [5.74, 6) is 0.0839. The number of aromatic nitrogens is 2. The van der Waals surface area contributed by atoms with Crippen molar-refractivity contribution in [2.45, 2.75) is 31.7 Å². The summed E-state index contributed by atoms with van der Waals surface area (Å²) in [7, 11) is 1.87. The Hall–Kier alpha value is -2.10. The molecule has 1 heterocycles. The topological polar surface area (TPSA) is 49.0 Å². The van der Waals surface area contributed by atoms with Gasteiger partial charge < -0.3 is 9.88 Å². The summed E-state index contributed by atoms with van der Waals surface area (Å²) >= 11 is 0. The lowest BCUT2D eigenvalue weighted by atomic mass is 9.89. The second-order valence-corrected chi connectivity index (χ2v) is 5.39. The van der Waals surface area contributed by atoms with Crippen molar-refractivity contribution >= 4 is 5.91 Å². The van der Waals surface area contributed by atoms with Gasteiger partial charge in [-0.25, -0.2) is 4.98 Å². The van der Waals surface area contributed by atoms with Gasteiger partial charge in [-0.15, -0.1) is 0 Å². The maximum absolute atomic E-state index is 12.6. The minimum Gasteiger partial charge on any atom is -0.348 e. The fraction of sp³-hybridized carbons (Fsp3) is 0.375. The number of nitrogens with zero attached hydrogens (tertiary/aromatic N) is 2. The van der Waals surface area contributed by atoms with Crippen LogP contribution in [-0.4, -0.2) is 27.8 Å². The molecule has 1 atom stereocenters. The summed E-state index contributed by atoms with van der Waals surface area (Å²) in [4.78, 5) is 21.9. The van der Waals surface area contributed by atoms with Crippen LogP contribution in [0.3, 0.4) is 0 Å². The van der Waals surface area contributed by atoms with Crippen molar-refractivity contribution in [2.75, 3.05) is 7.05 Å². The van der Waals surface area contributed by atoms with Gasteiger partial charge in [0.2, 0.25) is 5.91 Å². The van der Waals surface area contributed by atoms with E-state index in [1.807, 2.05) is 42.3 Å². The molecule has 0 spiro atoms. The second kappa shape index (κ2) is 5.49. The highest BCUT2D eigenvalue weighted by Gasteiger charge is 2.30. The highest BCUT2D eigenvalue weighted by molar-refractivity contribution is 5.83. The number of amides is 1. The van der Waals surface area contributed by atoms with Gasteiger partial charge in [-0.2, -0.15) is 0 Å². The van der Waals surface area contributed by atoms with E-state index in [9.17, 15) is 4.79 Å². The van der Waals surface area contributed by atoms with Crippen molar-refractivity contribution in [1.29, 1.82) is 0 Å². The van der Waals surface area contributed by atoms with Gasteiger partial charge in [0.15, 0.2) is 0 Å². The van der Waals surface area contributed by atoms with Crippen LogP contribution < -0.4 is 0 Å². The zero-order valence-corrected chi connectivity index (χ0v) is 11.7. The van der Waals surface area contributed by atoms with Gasteiger partial charge in [-0.3, -0.25) is 4.79 Å². The van der Waals surface area contributed by atoms with Crippen LogP contribution in [0.5, 0.6) is 0 Å². The van der Waals surface area contributed by atoms with E-state index in [0.29, 0.717) is 6.54 Å². The van der Waals surface area contributed by atoms with Crippen molar-refractivity contribution in [3.05, 3.63) is 53.6 Å². The minimum absolute atomic E-state index is 0.0845. The number of rotatable bonds is 3. The molecule has 1 aliphatic carbocycles. The number of aromatic amines is 1. The number of imidazole rings is 1. The molecule has 4 nitrogen and oxygen atoms in total.